The Morgan fingerprint density at radius 2 is 1.59 bits per heavy atom. The normalized spacial score (nSPS) is 18.7. The number of likely N-dealkylation sites (N-methyl/N-ethyl adjacent to an activating group) is 1. The number of ether oxygens (including phenoxy) is 1. The van der Waals surface area contributed by atoms with Gasteiger partial charge < -0.3 is 14.5 Å². The number of carbonyl (C=O) groups is 1. The zero-order valence-electron chi connectivity index (χ0n) is 18.0. The maximum atomic E-state index is 12.5. The summed E-state index contributed by atoms with van der Waals surface area (Å²) in [6.45, 7) is 9.12. The van der Waals surface area contributed by atoms with Crippen LogP contribution in [0.4, 0.5) is 0 Å². The van der Waals surface area contributed by atoms with Crippen molar-refractivity contribution in [3.8, 4) is 0 Å². The molecule has 0 N–H and O–H groups in total. The molecule has 0 radical (unpaired) electrons. The minimum atomic E-state index is -0.673. The largest absolute Gasteiger partial charge is 0.454 e. The van der Waals surface area contributed by atoms with E-state index in [1.54, 1.807) is 0 Å². The van der Waals surface area contributed by atoms with Crippen LogP contribution in [0.3, 0.4) is 0 Å². The maximum Gasteiger partial charge on any atom is 0.306 e. The summed E-state index contributed by atoms with van der Waals surface area (Å²) >= 11 is 0. The lowest BCUT2D eigenvalue weighted by Crippen LogP contribution is -2.50. The first-order valence-electron chi connectivity index (χ1n) is 10.7. The summed E-state index contributed by atoms with van der Waals surface area (Å²) in [7, 11) is 2.18. The second-order valence-electron chi connectivity index (χ2n) is 8.29. The van der Waals surface area contributed by atoms with Gasteiger partial charge in [-0.2, -0.15) is 0 Å². The second kappa shape index (κ2) is 10.0. The van der Waals surface area contributed by atoms with Gasteiger partial charge in [0.2, 0.25) is 0 Å². The summed E-state index contributed by atoms with van der Waals surface area (Å²) in [6.07, 6.45) is 1.25. The van der Waals surface area contributed by atoms with E-state index in [0.717, 1.165) is 44.7 Å². The lowest BCUT2D eigenvalue weighted by atomic mass is 9.78. The molecule has 0 saturated carbocycles. The van der Waals surface area contributed by atoms with Crippen LogP contribution in [0.15, 0.2) is 60.7 Å². The molecule has 3 rings (SSSR count). The smallest absolute Gasteiger partial charge is 0.306 e. The molecule has 0 bridgehead atoms. The van der Waals surface area contributed by atoms with Crippen molar-refractivity contribution in [2.45, 2.75) is 32.3 Å². The Morgan fingerprint density at radius 3 is 2.17 bits per heavy atom. The van der Waals surface area contributed by atoms with E-state index < -0.39 is 5.60 Å². The number of hydrogen-bond donors (Lipinski definition) is 0. The van der Waals surface area contributed by atoms with Crippen molar-refractivity contribution in [3.63, 3.8) is 0 Å². The van der Waals surface area contributed by atoms with Crippen LogP contribution in [-0.4, -0.2) is 55.5 Å². The third kappa shape index (κ3) is 5.68. The van der Waals surface area contributed by atoms with Crippen LogP contribution in [-0.2, 0) is 21.6 Å². The zero-order valence-corrected chi connectivity index (χ0v) is 18.0. The highest BCUT2D eigenvalue weighted by Crippen LogP contribution is 2.37. The molecule has 2 aromatic carbocycles. The van der Waals surface area contributed by atoms with Gasteiger partial charge in [-0.25, -0.2) is 0 Å². The standard InChI is InChI=1S/C25H34N2O2/c1-4-24(28)29-25(2,22-13-9-6-10-14-22)23(19-21-11-7-5-8-12-21)20-27-17-15-26(3)16-18-27/h5-14,23H,4,15-20H2,1-3H3. The first kappa shape index (κ1) is 21.5. The summed E-state index contributed by atoms with van der Waals surface area (Å²) in [5.74, 6) is 0.0130. The summed E-state index contributed by atoms with van der Waals surface area (Å²) < 4.78 is 6.19. The molecule has 156 valence electrons. The molecule has 0 spiro atoms. The summed E-state index contributed by atoms with van der Waals surface area (Å²) in [6, 6.07) is 20.8. The molecule has 0 aliphatic carbocycles. The fraction of sp³-hybridized carbons (Fsp3) is 0.480. The van der Waals surface area contributed by atoms with Crippen molar-refractivity contribution < 1.29 is 9.53 Å². The molecule has 4 heteroatoms. The van der Waals surface area contributed by atoms with Gasteiger partial charge in [-0.15, -0.1) is 0 Å². The molecule has 1 heterocycles. The minimum Gasteiger partial charge on any atom is -0.454 e. The van der Waals surface area contributed by atoms with Crippen LogP contribution in [0.25, 0.3) is 0 Å². The predicted molar refractivity (Wildman–Crippen MR) is 118 cm³/mol. The highest BCUT2D eigenvalue weighted by atomic mass is 16.6. The number of benzene rings is 2. The maximum absolute atomic E-state index is 12.5. The van der Waals surface area contributed by atoms with Crippen LogP contribution in [0.1, 0.15) is 31.4 Å². The molecule has 0 aromatic heterocycles. The number of esters is 1. The third-order valence-corrected chi connectivity index (χ3v) is 6.14. The Bertz CT molecular complexity index is 757. The van der Waals surface area contributed by atoms with Gasteiger partial charge in [0.15, 0.2) is 0 Å². The van der Waals surface area contributed by atoms with Crippen molar-refractivity contribution in [3.05, 3.63) is 71.8 Å². The van der Waals surface area contributed by atoms with E-state index in [-0.39, 0.29) is 11.9 Å². The van der Waals surface area contributed by atoms with Crippen molar-refractivity contribution >= 4 is 5.97 Å². The second-order valence-corrected chi connectivity index (χ2v) is 8.29. The Kier molecular flexibility index (Phi) is 7.45. The van der Waals surface area contributed by atoms with Crippen LogP contribution < -0.4 is 0 Å². The molecule has 4 nitrogen and oxygen atoms in total. The van der Waals surface area contributed by atoms with Gasteiger partial charge in [0.1, 0.15) is 5.60 Å². The van der Waals surface area contributed by atoms with Gasteiger partial charge in [0.05, 0.1) is 0 Å². The lowest BCUT2D eigenvalue weighted by Gasteiger charge is -2.42. The van der Waals surface area contributed by atoms with Crippen molar-refractivity contribution in [2.24, 2.45) is 5.92 Å². The average Bonchev–Trinajstić information content (AvgIpc) is 2.76. The van der Waals surface area contributed by atoms with Crippen LogP contribution in [0, 0.1) is 5.92 Å². The Morgan fingerprint density at radius 1 is 1.00 bits per heavy atom. The lowest BCUT2D eigenvalue weighted by molar-refractivity contribution is -0.166. The molecular weight excluding hydrogens is 360 g/mol. The van der Waals surface area contributed by atoms with E-state index in [2.05, 4.69) is 60.2 Å². The highest BCUT2D eigenvalue weighted by molar-refractivity contribution is 5.69. The van der Waals surface area contributed by atoms with Crippen molar-refractivity contribution in [1.29, 1.82) is 0 Å². The first-order chi connectivity index (χ1) is 14.0. The number of nitrogens with zero attached hydrogens (tertiary/aromatic N) is 2. The van der Waals surface area contributed by atoms with E-state index in [1.807, 2.05) is 31.2 Å². The Labute approximate surface area is 175 Å². The van der Waals surface area contributed by atoms with Crippen LogP contribution >= 0.6 is 0 Å². The molecule has 2 atom stereocenters. The number of hydrogen-bond acceptors (Lipinski definition) is 4. The number of piperazine rings is 1. The molecule has 2 unspecified atom stereocenters. The van der Waals surface area contributed by atoms with E-state index in [1.165, 1.54) is 5.56 Å². The average molecular weight is 395 g/mol. The molecule has 1 aliphatic rings. The van der Waals surface area contributed by atoms with E-state index >= 15 is 0 Å². The monoisotopic (exact) mass is 394 g/mol. The van der Waals surface area contributed by atoms with Gasteiger partial charge in [0, 0.05) is 45.1 Å². The van der Waals surface area contributed by atoms with Gasteiger partial charge in [-0.1, -0.05) is 67.6 Å². The fourth-order valence-corrected chi connectivity index (χ4v) is 4.13. The van der Waals surface area contributed by atoms with E-state index in [4.69, 9.17) is 4.74 Å². The van der Waals surface area contributed by atoms with Crippen molar-refractivity contribution in [2.75, 3.05) is 39.8 Å². The predicted octanol–water partition coefficient (Wildman–Crippen LogP) is 3.96. The van der Waals surface area contributed by atoms with E-state index in [0.29, 0.717) is 6.42 Å². The number of carbonyl (C=O) groups excluding carboxylic acids is 1. The summed E-state index contributed by atoms with van der Waals surface area (Å²) in [4.78, 5) is 17.3. The van der Waals surface area contributed by atoms with Gasteiger partial charge in [-0.05, 0) is 31.5 Å². The summed E-state index contributed by atoms with van der Waals surface area (Å²) in [5, 5.41) is 0. The molecule has 1 aliphatic heterocycles. The molecule has 0 amide bonds. The zero-order chi connectivity index (χ0) is 20.7. The number of rotatable bonds is 8. The van der Waals surface area contributed by atoms with Gasteiger partial charge >= 0.3 is 5.97 Å². The molecule has 1 saturated heterocycles. The van der Waals surface area contributed by atoms with Crippen LogP contribution in [0.5, 0.6) is 0 Å². The third-order valence-electron chi connectivity index (χ3n) is 6.14. The quantitative estimate of drug-likeness (QED) is 0.635. The minimum absolute atomic E-state index is 0.146. The van der Waals surface area contributed by atoms with Gasteiger partial charge in [0.25, 0.3) is 0 Å². The topological polar surface area (TPSA) is 32.8 Å². The molecular formula is C25H34N2O2. The Balaban J connectivity index is 1.93. The molecule has 1 fully saturated rings. The van der Waals surface area contributed by atoms with Gasteiger partial charge in [-0.3, -0.25) is 4.79 Å². The first-order valence-corrected chi connectivity index (χ1v) is 10.7. The Hall–Kier alpha value is -2.17. The van der Waals surface area contributed by atoms with Crippen LogP contribution in [0.2, 0.25) is 0 Å². The SMILES string of the molecule is CCC(=O)OC(C)(c1ccccc1)C(Cc1ccccc1)CN1CCN(C)CC1. The molecule has 29 heavy (non-hydrogen) atoms. The van der Waals surface area contributed by atoms with Crippen molar-refractivity contribution in [1.82, 2.24) is 9.80 Å². The molecule has 2 aromatic rings. The summed E-state index contributed by atoms with van der Waals surface area (Å²) in [5.41, 5.74) is 1.67. The highest BCUT2D eigenvalue weighted by Gasteiger charge is 2.40. The van der Waals surface area contributed by atoms with E-state index in [9.17, 15) is 4.79 Å². The fourth-order valence-electron chi connectivity index (χ4n) is 4.13.